The Kier molecular flexibility index (Phi) is 0.839. The highest BCUT2D eigenvalue weighted by molar-refractivity contribution is 7.89. The Balaban J connectivity index is 3.06. The summed E-state index contributed by atoms with van der Waals surface area (Å²) >= 11 is 0. The number of nitrogens with zero attached hydrogens (tertiary/aromatic N) is 1. The fraction of sp³-hybridized carbons (Fsp3) is 0. The van der Waals surface area contributed by atoms with E-state index in [0.717, 1.165) is 6.21 Å². The van der Waals surface area contributed by atoms with E-state index in [-0.39, 0.29) is 0 Å². The van der Waals surface area contributed by atoms with Gasteiger partial charge in [0.2, 0.25) is 0 Å². The van der Waals surface area contributed by atoms with E-state index in [1.165, 1.54) is 0 Å². The van der Waals surface area contributed by atoms with Gasteiger partial charge >= 0.3 is 10.2 Å². The summed E-state index contributed by atoms with van der Waals surface area (Å²) in [6, 6.07) is 0. The van der Waals surface area contributed by atoms with E-state index < -0.39 is 16.1 Å². The highest BCUT2D eigenvalue weighted by Crippen LogP contribution is 1.89. The second kappa shape index (κ2) is 1.28. The van der Waals surface area contributed by atoms with Crippen LogP contribution in [0, 0.1) is 0 Å². The third kappa shape index (κ3) is 0.836. The van der Waals surface area contributed by atoms with E-state index in [4.69, 9.17) is 0 Å². The van der Waals surface area contributed by atoms with Gasteiger partial charge in [-0.15, -0.1) is 4.40 Å². The molecule has 1 N–H and O–H groups in total. The first-order valence-electron chi connectivity index (χ1n) is 1.72. The van der Waals surface area contributed by atoms with E-state index in [2.05, 4.69) is 4.40 Å². The second-order valence-electron chi connectivity index (χ2n) is 1.18. The monoisotopic (exact) mass is 134 g/mol. The van der Waals surface area contributed by atoms with Crippen LogP contribution in [0.5, 0.6) is 0 Å². The standard InChI is InChI=1S/C2H2N2O3S/c5-2-1-3-8(6,7)4-2/h1H,(H,4,5). The lowest BCUT2D eigenvalue weighted by molar-refractivity contribution is -0.112. The number of amides is 1. The first kappa shape index (κ1) is 5.23. The van der Waals surface area contributed by atoms with Crippen molar-refractivity contribution in [3.05, 3.63) is 0 Å². The van der Waals surface area contributed by atoms with Crippen molar-refractivity contribution in [1.82, 2.24) is 4.72 Å². The molecule has 1 rings (SSSR count). The van der Waals surface area contributed by atoms with Crippen molar-refractivity contribution in [2.75, 3.05) is 0 Å². The summed E-state index contributed by atoms with van der Waals surface area (Å²) in [5, 5.41) is 0. The predicted molar refractivity (Wildman–Crippen MR) is 25.6 cm³/mol. The van der Waals surface area contributed by atoms with Crippen molar-refractivity contribution in [2.24, 2.45) is 4.40 Å². The van der Waals surface area contributed by atoms with Gasteiger partial charge < -0.3 is 0 Å². The molecule has 0 spiro atoms. The van der Waals surface area contributed by atoms with Crippen LogP contribution in [0.1, 0.15) is 0 Å². The largest absolute Gasteiger partial charge is 0.344 e. The number of nitrogens with one attached hydrogen (secondary N) is 1. The minimum Gasteiger partial charge on any atom is -0.267 e. The van der Waals surface area contributed by atoms with Gasteiger partial charge in [0.15, 0.2) is 0 Å². The molecule has 0 aromatic heterocycles. The number of carbonyl (C=O) groups is 1. The molecule has 0 fully saturated rings. The van der Waals surface area contributed by atoms with Crippen LogP contribution in [0.25, 0.3) is 0 Å². The summed E-state index contributed by atoms with van der Waals surface area (Å²) in [5.74, 6) is -0.690. The van der Waals surface area contributed by atoms with E-state index in [9.17, 15) is 13.2 Å². The second-order valence-corrected chi connectivity index (χ2v) is 2.54. The Morgan fingerprint density at radius 1 is 1.62 bits per heavy atom. The maximum Gasteiger partial charge on any atom is 0.344 e. The summed E-state index contributed by atoms with van der Waals surface area (Å²) in [5.41, 5.74) is 0. The maximum atomic E-state index is 10.1. The van der Waals surface area contributed by atoms with Crippen LogP contribution in [-0.4, -0.2) is 20.5 Å². The van der Waals surface area contributed by atoms with Gasteiger partial charge in [0.25, 0.3) is 5.91 Å². The summed E-state index contributed by atoms with van der Waals surface area (Å²) in [4.78, 5) is 10.0. The van der Waals surface area contributed by atoms with E-state index in [0.29, 0.717) is 0 Å². The minimum atomic E-state index is -3.63. The number of hydrogen-bond acceptors (Lipinski definition) is 3. The van der Waals surface area contributed by atoms with Crippen LogP contribution < -0.4 is 4.72 Å². The summed E-state index contributed by atoms with van der Waals surface area (Å²) < 4.78 is 24.7. The smallest absolute Gasteiger partial charge is 0.267 e. The fourth-order valence-electron chi connectivity index (χ4n) is 0.297. The van der Waals surface area contributed by atoms with E-state index >= 15 is 0 Å². The molecule has 6 heteroatoms. The highest BCUT2D eigenvalue weighted by Gasteiger charge is 2.16. The zero-order valence-electron chi connectivity index (χ0n) is 3.66. The van der Waals surface area contributed by atoms with Gasteiger partial charge in [0.1, 0.15) is 6.21 Å². The molecule has 0 unspecified atom stereocenters. The Hall–Kier alpha value is -0.910. The molecule has 0 aromatic rings. The molecule has 0 aliphatic carbocycles. The maximum absolute atomic E-state index is 10.1. The zero-order chi connectivity index (χ0) is 6.20. The highest BCUT2D eigenvalue weighted by atomic mass is 32.2. The average Bonchev–Trinajstić information content (AvgIpc) is 1.82. The average molecular weight is 134 g/mol. The number of rotatable bonds is 0. The van der Waals surface area contributed by atoms with Crippen LogP contribution in [0.2, 0.25) is 0 Å². The van der Waals surface area contributed by atoms with Gasteiger partial charge in [0, 0.05) is 0 Å². The van der Waals surface area contributed by atoms with Crippen LogP contribution >= 0.6 is 0 Å². The molecule has 0 bridgehead atoms. The Morgan fingerprint density at radius 3 is 2.38 bits per heavy atom. The molecule has 0 saturated carbocycles. The lowest BCUT2D eigenvalue weighted by atomic mass is 10.7. The topological polar surface area (TPSA) is 75.6 Å². The molecule has 1 aliphatic rings. The third-order valence-electron chi connectivity index (χ3n) is 0.538. The number of hydrogen-bond donors (Lipinski definition) is 1. The first-order chi connectivity index (χ1) is 3.60. The van der Waals surface area contributed by atoms with Gasteiger partial charge in [-0.3, -0.25) is 4.79 Å². The van der Waals surface area contributed by atoms with Crippen molar-refractivity contribution in [2.45, 2.75) is 0 Å². The quantitative estimate of drug-likeness (QED) is 0.435. The van der Waals surface area contributed by atoms with Gasteiger partial charge in [-0.25, -0.2) is 4.72 Å². The lowest BCUT2D eigenvalue weighted by Gasteiger charge is -1.83. The molecule has 0 radical (unpaired) electrons. The molecule has 1 heterocycles. The van der Waals surface area contributed by atoms with Crippen molar-refractivity contribution in [3.8, 4) is 0 Å². The first-order valence-corrected chi connectivity index (χ1v) is 3.16. The Morgan fingerprint density at radius 2 is 2.25 bits per heavy atom. The van der Waals surface area contributed by atoms with Crippen LogP contribution in [-0.2, 0) is 15.0 Å². The summed E-state index contributed by atoms with van der Waals surface area (Å²) in [6.07, 6.45) is 0.718. The van der Waals surface area contributed by atoms with Crippen LogP contribution in [0.15, 0.2) is 4.40 Å². The normalized spacial score (nSPS) is 23.2. The molecule has 1 aliphatic heterocycles. The van der Waals surface area contributed by atoms with Crippen molar-refractivity contribution in [3.63, 3.8) is 0 Å². The zero-order valence-corrected chi connectivity index (χ0v) is 4.47. The Bertz CT molecular complexity index is 238. The molecule has 0 aromatic carbocycles. The third-order valence-corrected chi connectivity index (χ3v) is 1.38. The molecule has 0 atom stereocenters. The number of carbonyl (C=O) groups excluding carboxylic acids is 1. The molecule has 0 saturated heterocycles. The SMILES string of the molecule is O=C1C=NS(=O)(=O)N1. The van der Waals surface area contributed by atoms with Crippen molar-refractivity contribution >= 4 is 22.3 Å². The van der Waals surface area contributed by atoms with Gasteiger partial charge in [-0.05, 0) is 0 Å². The van der Waals surface area contributed by atoms with E-state index in [1.807, 2.05) is 0 Å². The van der Waals surface area contributed by atoms with Gasteiger partial charge in [0.05, 0.1) is 0 Å². The summed E-state index contributed by atoms with van der Waals surface area (Å²) in [7, 11) is -3.63. The fourth-order valence-corrected chi connectivity index (χ4v) is 0.891. The predicted octanol–water partition coefficient (Wildman–Crippen LogP) is -1.57. The van der Waals surface area contributed by atoms with Gasteiger partial charge in [-0.2, -0.15) is 8.42 Å². The molecular formula is C2H2N2O3S. The van der Waals surface area contributed by atoms with Crippen molar-refractivity contribution < 1.29 is 13.2 Å². The molecule has 8 heavy (non-hydrogen) atoms. The van der Waals surface area contributed by atoms with Gasteiger partial charge in [-0.1, -0.05) is 0 Å². The van der Waals surface area contributed by atoms with Crippen molar-refractivity contribution in [1.29, 1.82) is 0 Å². The van der Waals surface area contributed by atoms with Crippen LogP contribution in [0.3, 0.4) is 0 Å². The van der Waals surface area contributed by atoms with E-state index in [1.54, 1.807) is 4.72 Å². The minimum absolute atomic E-state index is 0.690. The lowest BCUT2D eigenvalue weighted by Crippen LogP contribution is -2.21. The summed E-state index contributed by atoms with van der Waals surface area (Å²) in [6.45, 7) is 0. The molecular weight excluding hydrogens is 132 g/mol. The molecule has 5 nitrogen and oxygen atoms in total. The Labute approximate surface area is 45.6 Å². The van der Waals surface area contributed by atoms with Crippen LogP contribution in [0.4, 0.5) is 0 Å². The molecule has 1 amide bonds. The molecule has 44 valence electrons.